The summed E-state index contributed by atoms with van der Waals surface area (Å²) in [5.41, 5.74) is 0.528. The molecule has 25 heavy (non-hydrogen) atoms. The van der Waals surface area contributed by atoms with E-state index in [9.17, 15) is 9.59 Å². The molecule has 0 fully saturated rings. The van der Waals surface area contributed by atoms with Gasteiger partial charge in [-0.1, -0.05) is 30.0 Å². The zero-order valence-corrected chi connectivity index (χ0v) is 15.6. The molecule has 130 valence electrons. The summed E-state index contributed by atoms with van der Waals surface area (Å²) >= 11 is 2.71. The van der Waals surface area contributed by atoms with Crippen LogP contribution < -0.4 is 5.56 Å². The molecular formula is C18H18N2O3S2. The molecule has 0 aliphatic carbocycles. The summed E-state index contributed by atoms with van der Waals surface area (Å²) in [5, 5.41) is 2.99. The van der Waals surface area contributed by atoms with Crippen molar-refractivity contribution >= 4 is 39.8 Å². The van der Waals surface area contributed by atoms with Crippen molar-refractivity contribution in [3.63, 3.8) is 0 Å². The molecular weight excluding hydrogens is 356 g/mol. The number of ether oxygens (including phenoxy) is 1. The van der Waals surface area contributed by atoms with Crippen molar-refractivity contribution in [2.75, 3.05) is 19.5 Å². The highest BCUT2D eigenvalue weighted by molar-refractivity contribution is 7.99. The summed E-state index contributed by atoms with van der Waals surface area (Å²) in [6, 6.07) is 10.7. The zero-order valence-electron chi connectivity index (χ0n) is 14.0. The number of fused-ring (bicyclic) bond motifs is 1. The lowest BCUT2D eigenvalue weighted by atomic mass is 10.2. The zero-order chi connectivity index (χ0) is 17.8. The molecule has 0 aliphatic heterocycles. The number of para-hydroxylation sites is 1. The Kier molecular flexibility index (Phi) is 5.67. The highest BCUT2D eigenvalue weighted by Crippen LogP contribution is 2.23. The maximum absolute atomic E-state index is 12.9. The third-order valence-corrected chi connectivity index (χ3v) is 5.62. The Morgan fingerprint density at radius 1 is 1.32 bits per heavy atom. The van der Waals surface area contributed by atoms with Crippen LogP contribution in [0.3, 0.4) is 0 Å². The van der Waals surface area contributed by atoms with E-state index in [1.165, 1.54) is 23.1 Å². The number of carbonyl (C=O) groups is 1. The van der Waals surface area contributed by atoms with E-state index in [2.05, 4.69) is 4.98 Å². The van der Waals surface area contributed by atoms with Crippen LogP contribution in [-0.4, -0.2) is 34.8 Å². The van der Waals surface area contributed by atoms with Gasteiger partial charge in [0.1, 0.15) is 0 Å². The smallest absolute Gasteiger partial charge is 0.262 e. The van der Waals surface area contributed by atoms with E-state index < -0.39 is 0 Å². The Labute approximate surface area is 153 Å². The molecule has 3 aromatic rings. The Morgan fingerprint density at radius 3 is 2.84 bits per heavy atom. The molecule has 2 aromatic heterocycles. The minimum Gasteiger partial charge on any atom is -0.383 e. The van der Waals surface area contributed by atoms with Crippen molar-refractivity contribution in [1.82, 2.24) is 9.55 Å². The minimum atomic E-state index is -0.172. The molecule has 5 nitrogen and oxygen atoms in total. The predicted molar refractivity (Wildman–Crippen MR) is 102 cm³/mol. The van der Waals surface area contributed by atoms with Crippen molar-refractivity contribution in [2.45, 2.75) is 18.1 Å². The Balaban J connectivity index is 1.98. The van der Waals surface area contributed by atoms with Gasteiger partial charge in [0, 0.05) is 7.11 Å². The third-order valence-electron chi connectivity index (χ3n) is 3.75. The topological polar surface area (TPSA) is 61.2 Å². The standard InChI is InChI=1S/C18H18N2O3S2/c1-12(10-23-2)20-17(22)13-6-3-4-7-14(13)19-18(20)25-11-15(21)16-8-5-9-24-16/h3-9,12H,10-11H2,1-2H3/t12-/m1/s1. The lowest BCUT2D eigenvalue weighted by Gasteiger charge is -2.18. The molecule has 0 saturated carbocycles. The fraction of sp³-hybridized carbons (Fsp3) is 0.278. The second kappa shape index (κ2) is 7.95. The quantitative estimate of drug-likeness (QED) is 0.359. The number of hydrogen-bond donors (Lipinski definition) is 0. The Bertz CT molecular complexity index is 935. The molecule has 2 heterocycles. The summed E-state index contributed by atoms with van der Waals surface area (Å²) < 4.78 is 6.83. The van der Waals surface area contributed by atoms with Gasteiger partial charge in [-0.2, -0.15) is 0 Å². The lowest BCUT2D eigenvalue weighted by Crippen LogP contribution is -2.28. The van der Waals surface area contributed by atoms with Gasteiger partial charge in [0.05, 0.1) is 34.2 Å². The highest BCUT2D eigenvalue weighted by atomic mass is 32.2. The van der Waals surface area contributed by atoms with Gasteiger partial charge < -0.3 is 4.74 Å². The summed E-state index contributed by atoms with van der Waals surface area (Å²) in [5.74, 6) is 0.277. The van der Waals surface area contributed by atoms with Crippen LogP contribution in [0.1, 0.15) is 22.6 Å². The van der Waals surface area contributed by atoms with Crippen LogP contribution in [0.25, 0.3) is 10.9 Å². The van der Waals surface area contributed by atoms with E-state index >= 15 is 0 Å². The highest BCUT2D eigenvalue weighted by Gasteiger charge is 2.18. The summed E-state index contributed by atoms with van der Waals surface area (Å²) in [6.07, 6.45) is 0. The van der Waals surface area contributed by atoms with E-state index in [0.717, 1.165) is 0 Å². The number of hydrogen-bond acceptors (Lipinski definition) is 6. The fourth-order valence-corrected chi connectivity index (χ4v) is 4.31. The van der Waals surface area contributed by atoms with E-state index in [1.54, 1.807) is 17.7 Å². The van der Waals surface area contributed by atoms with Gasteiger partial charge in [-0.25, -0.2) is 4.98 Å². The number of aromatic nitrogens is 2. The minimum absolute atomic E-state index is 0.0355. The van der Waals surface area contributed by atoms with Gasteiger partial charge in [-0.15, -0.1) is 11.3 Å². The van der Waals surface area contributed by atoms with Crippen molar-refractivity contribution in [1.29, 1.82) is 0 Å². The molecule has 0 saturated heterocycles. The number of thioether (sulfide) groups is 1. The van der Waals surface area contributed by atoms with Crippen LogP contribution >= 0.6 is 23.1 Å². The monoisotopic (exact) mass is 374 g/mol. The van der Waals surface area contributed by atoms with Gasteiger partial charge in [0.25, 0.3) is 5.56 Å². The summed E-state index contributed by atoms with van der Waals surface area (Å²) in [7, 11) is 1.60. The number of benzene rings is 1. The Morgan fingerprint density at radius 2 is 2.12 bits per heavy atom. The molecule has 1 aromatic carbocycles. The molecule has 0 aliphatic rings. The van der Waals surface area contributed by atoms with Crippen molar-refractivity contribution in [2.24, 2.45) is 0 Å². The number of carbonyl (C=O) groups excluding carboxylic acids is 1. The van der Waals surface area contributed by atoms with Gasteiger partial charge >= 0.3 is 0 Å². The van der Waals surface area contributed by atoms with E-state index in [1.807, 2.05) is 42.6 Å². The first-order valence-electron chi connectivity index (χ1n) is 7.81. The van der Waals surface area contributed by atoms with Gasteiger partial charge in [-0.3, -0.25) is 14.2 Å². The molecule has 0 spiro atoms. The predicted octanol–water partition coefficient (Wildman–Crippen LogP) is 3.64. The number of nitrogens with zero attached hydrogens (tertiary/aromatic N) is 2. The van der Waals surface area contributed by atoms with E-state index in [0.29, 0.717) is 27.5 Å². The van der Waals surface area contributed by atoms with Crippen molar-refractivity contribution in [3.05, 3.63) is 57.0 Å². The molecule has 0 radical (unpaired) electrons. The maximum atomic E-state index is 12.9. The summed E-state index contributed by atoms with van der Waals surface area (Å²) in [6.45, 7) is 2.30. The normalized spacial score (nSPS) is 12.4. The molecule has 7 heteroatoms. The average Bonchev–Trinajstić information content (AvgIpc) is 3.14. The van der Waals surface area contributed by atoms with Crippen molar-refractivity contribution in [3.8, 4) is 0 Å². The summed E-state index contributed by atoms with van der Waals surface area (Å²) in [4.78, 5) is 30.5. The second-order valence-corrected chi connectivity index (χ2v) is 7.47. The number of Topliss-reactive ketones (excluding diaryl/α,β-unsaturated/α-hetero) is 1. The van der Waals surface area contributed by atoms with Crippen LogP contribution in [0.5, 0.6) is 0 Å². The van der Waals surface area contributed by atoms with E-state index in [-0.39, 0.29) is 23.1 Å². The molecule has 0 unspecified atom stereocenters. The van der Waals surface area contributed by atoms with Crippen LogP contribution in [-0.2, 0) is 4.74 Å². The average molecular weight is 374 g/mol. The van der Waals surface area contributed by atoms with Gasteiger partial charge in [0.2, 0.25) is 0 Å². The van der Waals surface area contributed by atoms with E-state index in [4.69, 9.17) is 4.74 Å². The van der Waals surface area contributed by atoms with Crippen molar-refractivity contribution < 1.29 is 9.53 Å². The first kappa shape index (κ1) is 17.8. The van der Waals surface area contributed by atoms with Gasteiger partial charge in [0.15, 0.2) is 10.9 Å². The maximum Gasteiger partial charge on any atom is 0.262 e. The molecule has 0 amide bonds. The number of thiophene rings is 1. The number of methoxy groups -OCH3 is 1. The second-order valence-electron chi connectivity index (χ2n) is 5.58. The molecule has 1 atom stereocenters. The molecule has 0 bridgehead atoms. The third kappa shape index (κ3) is 3.84. The lowest BCUT2D eigenvalue weighted by molar-refractivity contribution is 0.102. The Hall–Kier alpha value is -1.96. The largest absolute Gasteiger partial charge is 0.383 e. The first-order chi connectivity index (χ1) is 12.1. The SMILES string of the molecule is COC[C@@H](C)n1c(SCC(=O)c2cccs2)nc2ccccc2c1=O. The van der Waals surface area contributed by atoms with Crippen LogP contribution in [0.2, 0.25) is 0 Å². The van der Waals surface area contributed by atoms with Crippen LogP contribution in [0, 0.1) is 0 Å². The number of rotatable bonds is 7. The van der Waals surface area contributed by atoms with Crippen LogP contribution in [0.15, 0.2) is 51.7 Å². The fourth-order valence-electron chi connectivity index (χ4n) is 2.57. The first-order valence-corrected chi connectivity index (χ1v) is 9.68. The molecule has 0 N–H and O–H groups in total. The van der Waals surface area contributed by atoms with Crippen LogP contribution in [0.4, 0.5) is 0 Å². The molecule has 3 rings (SSSR count). The van der Waals surface area contributed by atoms with Gasteiger partial charge in [-0.05, 0) is 30.5 Å². The number of ketones is 1.